The molecule has 29 heavy (non-hydrogen) atoms. The Morgan fingerprint density at radius 2 is 1.66 bits per heavy atom. The summed E-state index contributed by atoms with van der Waals surface area (Å²) in [6.07, 6.45) is 1.81. The summed E-state index contributed by atoms with van der Waals surface area (Å²) >= 11 is 7.11. The fourth-order valence-corrected chi connectivity index (χ4v) is 4.10. The molecule has 148 valence electrons. The van der Waals surface area contributed by atoms with Gasteiger partial charge in [0, 0.05) is 6.21 Å². The van der Waals surface area contributed by atoms with E-state index in [0.717, 1.165) is 25.8 Å². The van der Waals surface area contributed by atoms with Crippen molar-refractivity contribution >= 4 is 49.7 Å². The maximum absolute atomic E-state index is 10.9. The molecule has 0 aliphatic carbocycles. The molecule has 0 amide bonds. The highest BCUT2D eigenvalue weighted by Gasteiger charge is 2.10. The van der Waals surface area contributed by atoms with Crippen LogP contribution >= 0.6 is 31.9 Å². The Bertz CT molecular complexity index is 1050. The van der Waals surface area contributed by atoms with Gasteiger partial charge in [-0.05, 0) is 104 Å². The van der Waals surface area contributed by atoms with Crippen LogP contribution in [-0.4, -0.2) is 17.3 Å². The highest BCUT2D eigenvalue weighted by atomic mass is 79.9. The molecule has 0 aliphatic rings. The smallest absolute Gasteiger partial charge is 0.335 e. The summed E-state index contributed by atoms with van der Waals surface area (Å²) in [6, 6.07) is 16.6. The van der Waals surface area contributed by atoms with Crippen LogP contribution in [0, 0.1) is 13.8 Å². The first-order valence-electron chi connectivity index (χ1n) is 8.89. The van der Waals surface area contributed by atoms with Crippen molar-refractivity contribution < 1.29 is 14.6 Å². The van der Waals surface area contributed by atoms with Crippen LogP contribution in [0.5, 0.6) is 5.75 Å². The van der Waals surface area contributed by atoms with Crippen molar-refractivity contribution in [3.05, 3.63) is 91.4 Å². The molecule has 0 spiro atoms. The summed E-state index contributed by atoms with van der Waals surface area (Å²) in [6.45, 7) is 4.48. The SMILES string of the molecule is Cc1ccc(N=Cc2cc(Br)c(OCc3ccc(C(=O)O)cc3)c(Br)c2)cc1C. The third-order valence-electron chi connectivity index (χ3n) is 4.46. The molecule has 6 heteroatoms. The average molecular weight is 517 g/mol. The topological polar surface area (TPSA) is 58.9 Å². The highest BCUT2D eigenvalue weighted by Crippen LogP contribution is 2.35. The van der Waals surface area contributed by atoms with Crippen LogP contribution in [0.3, 0.4) is 0 Å². The molecule has 0 fully saturated rings. The molecular weight excluding hydrogens is 498 g/mol. The minimum atomic E-state index is -0.944. The number of benzene rings is 3. The Hall–Kier alpha value is -2.44. The normalized spacial score (nSPS) is 11.0. The fraction of sp³-hybridized carbons (Fsp3) is 0.130. The number of aliphatic imine (C=N–C) groups is 1. The van der Waals surface area contributed by atoms with Gasteiger partial charge in [0.2, 0.25) is 0 Å². The van der Waals surface area contributed by atoms with Crippen molar-refractivity contribution in [3.8, 4) is 5.75 Å². The zero-order valence-electron chi connectivity index (χ0n) is 15.9. The van der Waals surface area contributed by atoms with E-state index in [1.165, 1.54) is 11.1 Å². The minimum absolute atomic E-state index is 0.253. The Labute approximate surface area is 186 Å². The number of aryl methyl sites for hydroxylation is 2. The zero-order chi connectivity index (χ0) is 21.0. The molecule has 0 saturated carbocycles. The first-order chi connectivity index (χ1) is 13.8. The number of carboxylic acid groups (broad SMARTS) is 1. The van der Waals surface area contributed by atoms with Gasteiger partial charge >= 0.3 is 5.97 Å². The first-order valence-corrected chi connectivity index (χ1v) is 10.5. The maximum atomic E-state index is 10.9. The fourth-order valence-electron chi connectivity index (χ4n) is 2.65. The Morgan fingerprint density at radius 3 is 2.24 bits per heavy atom. The van der Waals surface area contributed by atoms with Crippen LogP contribution in [0.1, 0.15) is 32.6 Å². The van der Waals surface area contributed by atoms with Gasteiger partial charge in [-0.25, -0.2) is 4.79 Å². The van der Waals surface area contributed by atoms with Crippen molar-refractivity contribution in [2.45, 2.75) is 20.5 Å². The van der Waals surface area contributed by atoms with Crippen LogP contribution in [-0.2, 0) is 6.61 Å². The van der Waals surface area contributed by atoms with E-state index in [-0.39, 0.29) is 5.56 Å². The van der Waals surface area contributed by atoms with Crippen LogP contribution in [0.2, 0.25) is 0 Å². The van der Waals surface area contributed by atoms with Gasteiger partial charge in [0.1, 0.15) is 12.4 Å². The summed E-state index contributed by atoms with van der Waals surface area (Å²) in [5.41, 5.74) is 5.43. The summed E-state index contributed by atoms with van der Waals surface area (Å²) < 4.78 is 7.52. The second kappa shape index (κ2) is 9.37. The third kappa shape index (κ3) is 5.55. The van der Waals surface area contributed by atoms with E-state index in [0.29, 0.717) is 12.4 Å². The lowest BCUT2D eigenvalue weighted by Gasteiger charge is -2.11. The van der Waals surface area contributed by atoms with E-state index in [1.54, 1.807) is 24.3 Å². The monoisotopic (exact) mass is 515 g/mol. The maximum Gasteiger partial charge on any atom is 0.335 e. The number of ether oxygens (including phenoxy) is 1. The lowest BCUT2D eigenvalue weighted by molar-refractivity contribution is 0.0697. The predicted molar refractivity (Wildman–Crippen MR) is 123 cm³/mol. The Balaban J connectivity index is 1.72. The van der Waals surface area contributed by atoms with Gasteiger partial charge in [0.05, 0.1) is 20.2 Å². The quantitative estimate of drug-likeness (QED) is 0.364. The number of aromatic carboxylic acids is 1. The molecule has 4 nitrogen and oxygen atoms in total. The first kappa shape index (κ1) is 21.3. The lowest BCUT2D eigenvalue weighted by Crippen LogP contribution is -2.00. The molecule has 0 unspecified atom stereocenters. The van der Waals surface area contributed by atoms with Crippen LogP contribution in [0.4, 0.5) is 5.69 Å². The third-order valence-corrected chi connectivity index (χ3v) is 5.64. The molecule has 3 aromatic rings. The number of halogens is 2. The average Bonchev–Trinajstić information content (AvgIpc) is 2.68. The summed E-state index contributed by atoms with van der Waals surface area (Å²) in [5.74, 6) is -0.267. The molecule has 0 radical (unpaired) electrons. The Morgan fingerprint density at radius 1 is 1.00 bits per heavy atom. The molecule has 0 atom stereocenters. The lowest BCUT2D eigenvalue weighted by atomic mass is 10.1. The van der Waals surface area contributed by atoms with Crippen LogP contribution in [0.15, 0.2) is 68.5 Å². The van der Waals surface area contributed by atoms with E-state index < -0.39 is 5.97 Å². The molecule has 0 saturated heterocycles. The second-order valence-corrected chi connectivity index (χ2v) is 8.34. The molecule has 3 rings (SSSR count). The zero-order valence-corrected chi connectivity index (χ0v) is 19.1. The van der Waals surface area contributed by atoms with Crippen molar-refractivity contribution in [2.24, 2.45) is 4.99 Å². The molecule has 3 aromatic carbocycles. The van der Waals surface area contributed by atoms with E-state index in [2.05, 4.69) is 62.8 Å². The predicted octanol–water partition coefficient (Wildman–Crippen LogP) is 6.86. The van der Waals surface area contributed by atoms with Gasteiger partial charge in [-0.2, -0.15) is 0 Å². The molecular formula is C23H19Br2NO3. The Kier molecular flexibility index (Phi) is 6.87. The largest absolute Gasteiger partial charge is 0.487 e. The van der Waals surface area contributed by atoms with E-state index in [1.807, 2.05) is 24.4 Å². The summed E-state index contributed by atoms with van der Waals surface area (Å²) in [5, 5.41) is 8.97. The molecule has 1 N–H and O–H groups in total. The van der Waals surface area contributed by atoms with Crippen LogP contribution < -0.4 is 4.74 Å². The number of rotatable bonds is 6. The molecule has 0 aromatic heterocycles. The van der Waals surface area contributed by atoms with E-state index in [4.69, 9.17) is 9.84 Å². The van der Waals surface area contributed by atoms with Gasteiger partial charge in [-0.15, -0.1) is 0 Å². The minimum Gasteiger partial charge on any atom is -0.487 e. The van der Waals surface area contributed by atoms with E-state index >= 15 is 0 Å². The van der Waals surface area contributed by atoms with Gasteiger partial charge in [0.25, 0.3) is 0 Å². The molecule has 0 bridgehead atoms. The number of carbonyl (C=O) groups is 1. The van der Waals surface area contributed by atoms with Crippen molar-refractivity contribution in [2.75, 3.05) is 0 Å². The van der Waals surface area contributed by atoms with Gasteiger partial charge < -0.3 is 9.84 Å². The van der Waals surface area contributed by atoms with Gasteiger partial charge in [-0.3, -0.25) is 4.99 Å². The number of hydrogen-bond acceptors (Lipinski definition) is 3. The summed E-state index contributed by atoms with van der Waals surface area (Å²) in [7, 11) is 0. The highest BCUT2D eigenvalue weighted by molar-refractivity contribution is 9.11. The molecule has 0 heterocycles. The van der Waals surface area contributed by atoms with Crippen molar-refractivity contribution in [1.29, 1.82) is 0 Å². The number of nitrogens with zero attached hydrogens (tertiary/aromatic N) is 1. The van der Waals surface area contributed by atoms with Crippen LogP contribution in [0.25, 0.3) is 0 Å². The van der Waals surface area contributed by atoms with E-state index in [9.17, 15) is 4.79 Å². The van der Waals surface area contributed by atoms with Gasteiger partial charge in [-0.1, -0.05) is 18.2 Å². The number of hydrogen-bond donors (Lipinski definition) is 1. The second-order valence-electron chi connectivity index (χ2n) is 6.63. The molecule has 0 aliphatic heterocycles. The number of carboxylic acids is 1. The van der Waals surface area contributed by atoms with Gasteiger partial charge in [0.15, 0.2) is 0 Å². The van der Waals surface area contributed by atoms with Crippen molar-refractivity contribution in [3.63, 3.8) is 0 Å². The van der Waals surface area contributed by atoms with Crippen molar-refractivity contribution in [1.82, 2.24) is 0 Å². The summed E-state index contributed by atoms with van der Waals surface area (Å²) in [4.78, 5) is 15.5. The standard InChI is InChI=1S/C23H19Br2NO3/c1-14-3-8-19(9-15(14)2)26-12-17-10-20(24)22(21(25)11-17)29-13-16-4-6-18(7-5-16)23(27)28/h3-12H,13H2,1-2H3,(H,27,28).